The number of hydrogen-bond donors (Lipinski definition) is 2. The fourth-order valence-electron chi connectivity index (χ4n) is 1.20. The van der Waals surface area contributed by atoms with E-state index in [0.29, 0.717) is 23.8 Å². The number of carbonyl (C=O) groups is 1. The van der Waals surface area contributed by atoms with E-state index in [4.69, 9.17) is 10.6 Å². The summed E-state index contributed by atoms with van der Waals surface area (Å²) in [6.07, 6.45) is 0. The van der Waals surface area contributed by atoms with E-state index in [9.17, 15) is 4.79 Å². The lowest BCUT2D eigenvalue weighted by Crippen LogP contribution is -2.26. The van der Waals surface area contributed by atoms with Crippen molar-refractivity contribution in [2.45, 2.75) is 20.8 Å². The SMILES string of the molecule is Cc1ccc(N)c(C(=O)NOCC(C)C)c1. The first-order valence-corrected chi connectivity index (χ1v) is 5.29. The summed E-state index contributed by atoms with van der Waals surface area (Å²) >= 11 is 0. The summed E-state index contributed by atoms with van der Waals surface area (Å²) in [4.78, 5) is 16.7. The lowest BCUT2D eigenvalue weighted by atomic mass is 10.1. The van der Waals surface area contributed by atoms with E-state index < -0.39 is 0 Å². The van der Waals surface area contributed by atoms with Gasteiger partial charge in [0.15, 0.2) is 0 Å². The largest absolute Gasteiger partial charge is 0.398 e. The van der Waals surface area contributed by atoms with E-state index in [1.807, 2.05) is 26.8 Å². The molecule has 88 valence electrons. The Morgan fingerprint density at radius 3 is 2.81 bits per heavy atom. The summed E-state index contributed by atoms with van der Waals surface area (Å²) < 4.78 is 0. The summed E-state index contributed by atoms with van der Waals surface area (Å²) in [6, 6.07) is 5.32. The van der Waals surface area contributed by atoms with Crippen LogP contribution in [0.5, 0.6) is 0 Å². The predicted octanol–water partition coefficient (Wildman–Crippen LogP) is 1.89. The Bertz CT molecular complexity index is 375. The fourth-order valence-corrected chi connectivity index (χ4v) is 1.20. The summed E-state index contributed by atoms with van der Waals surface area (Å²) in [7, 11) is 0. The Balaban J connectivity index is 2.62. The third-order valence-electron chi connectivity index (χ3n) is 2.03. The number of rotatable bonds is 4. The van der Waals surface area contributed by atoms with Crippen molar-refractivity contribution in [2.24, 2.45) is 5.92 Å². The van der Waals surface area contributed by atoms with Crippen LogP contribution in [0.25, 0.3) is 0 Å². The van der Waals surface area contributed by atoms with Gasteiger partial charge in [-0.2, -0.15) is 0 Å². The smallest absolute Gasteiger partial charge is 0.276 e. The van der Waals surface area contributed by atoms with E-state index in [0.717, 1.165) is 5.56 Å². The van der Waals surface area contributed by atoms with Crippen molar-refractivity contribution >= 4 is 11.6 Å². The van der Waals surface area contributed by atoms with Gasteiger partial charge in [0.2, 0.25) is 0 Å². The molecule has 0 aliphatic heterocycles. The molecular weight excluding hydrogens is 204 g/mol. The molecule has 0 aliphatic carbocycles. The molecule has 1 aromatic carbocycles. The standard InChI is InChI=1S/C12H18N2O2/c1-8(2)7-16-14-12(15)10-6-9(3)4-5-11(10)13/h4-6,8H,7,13H2,1-3H3,(H,14,15). The van der Waals surface area contributed by atoms with E-state index in [-0.39, 0.29) is 5.91 Å². The van der Waals surface area contributed by atoms with Crippen molar-refractivity contribution in [1.29, 1.82) is 0 Å². The molecule has 1 amide bonds. The highest BCUT2D eigenvalue weighted by atomic mass is 16.6. The van der Waals surface area contributed by atoms with Crippen LogP contribution in [0.2, 0.25) is 0 Å². The van der Waals surface area contributed by atoms with Crippen molar-refractivity contribution in [3.63, 3.8) is 0 Å². The van der Waals surface area contributed by atoms with Gasteiger partial charge in [-0.05, 0) is 25.0 Å². The number of aryl methyl sites for hydroxylation is 1. The Hall–Kier alpha value is -1.55. The average molecular weight is 222 g/mol. The molecule has 4 nitrogen and oxygen atoms in total. The number of amides is 1. The molecule has 0 bridgehead atoms. The highest BCUT2D eigenvalue weighted by Gasteiger charge is 2.09. The first-order chi connectivity index (χ1) is 7.50. The fraction of sp³-hybridized carbons (Fsp3) is 0.417. The van der Waals surface area contributed by atoms with E-state index in [1.54, 1.807) is 12.1 Å². The zero-order chi connectivity index (χ0) is 12.1. The molecule has 16 heavy (non-hydrogen) atoms. The summed E-state index contributed by atoms with van der Waals surface area (Å²) in [6.45, 7) is 6.41. The molecule has 0 spiro atoms. The molecule has 1 aromatic rings. The van der Waals surface area contributed by atoms with E-state index in [1.165, 1.54) is 0 Å². The first-order valence-electron chi connectivity index (χ1n) is 5.29. The average Bonchev–Trinajstić information content (AvgIpc) is 2.21. The normalized spacial score (nSPS) is 10.5. The maximum Gasteiger partial charge on any atom is 0.276 e. The Morgan fingerprint density at radius 2 is 2.19 bits per heavy atom. The zero-order valence-electron chi connectivity index (χ0n) is 9.91. The van der Waals surface area contributed by atoms with E-state index in [2.05, 4.69) is 5.48 Å². The lowest BCUT2D eigenvalue weighted by Gasteiger charge is -2.09. The first kappa shape index (κ1) is 12.5. The maximum absolute atomic E-state index is 11.7. The number of benzene rings is 1. The van der Waals surface area contributed by atoms with Crippen molar-refractivity contribution in [3.05, 3.63) is 29.3 Å². The topological polar surface area (TPSA) is 64.4 Å². The van der Waals surface area contributed by atoms with Gasteiger partial charge >= 0.3 is 0 Å². The molecule has 0 saturated heterocycles. The molecule has 0 atom stereocenters. The quantitative estimate of drug-likeness (QED) is 0.604. The number of nitrogens with one attached hydrogen (secondary N) is 1. The van der Waals surface area contributed by atoms with Gasteiger partial charge < -0.3 is 5.73 Å². The minimum atomic E-state index is -0.304. The lowest BCUT2D eigenvalue weighted by molar-refractivity contribution is 0.0209. The molecule has 4 heteroatoms. The van der Waals surface area contributed by atoms with Crippen LogP contribution in [-0.2, 0) is 4.84 Å². The molecule has 3 N–H and O–H groups in total. The van der Waals surface area contributed by atoms with Crippen LogP contribution >= 0.6 is 0 Å². The molecule has 0 saturated carbocycles. The number of hydrogen-bond acceptors (Lipinski definition) is 3. The summed E-state index contributed by atoms with van der Waals surface area (Å²) in [5.41, 5.74) is 9.98. The second kappa shape index (κ2) is 5.51. The van der Waals surface area contributed by atoms with Crippen LogP contribution in [0.4, 0.5) is 5.69 Å². The van der Waals surface area contributed by atoms with Gasteiger partial charge in [-0.25, -0.2) is 5.48 Å². The zero-order valence-corrected chi connectivity index (χ0v) is 9.91. The van der Waals surface area contributed by atoms with Crippen molar-refractivity contribution in [1.82, 2.24) is 5.48 Å². The Kier molecular flexibility index (Phi) is 4.31. The third-order valence-corrected chi connectivity index (χ3v) is 2.03. The van der Waals surface area contributed by atoms with Gasteiger partial charge in [0.1, 0.15) is 0 Å². The van der Waals surface area contributed by atoms with Crippen LogP contribution in [0, 0.1) is 12.8 Å². The summed E-state index contributed by atoms with van der Waals surface area (Å²) in [5, 5.41) is 0. The van der Waals surface area contributed by atoms with Crippen LogP contribution in [0.1, 0.15) is 29.8 Å². The molecule has 0 radical (unpaired) electrons. The Morgan fingerprint density at radius 1 is 1.50 bits per heavy atom. The number of hydroxylamine groups is 1. The maximum atomic E-state index is 11.7. The van der Waals surface area contributed by atoms with Crippen molar-refractivity contribution in [3.8, 4) is 0 Å². The van der Waals surface area contributed by atoms with Crippen LogP contribution in [0.15, 0.2) is 18.2 Å². The van der Waals surface area contributed by atoms with E-state index >= 15 is 0 Å². The molecule has 0 unspecified atom stereocenters. The van der Waals surface area contributed by atoms with Crippen LogP contribution in [0.3, 0.4) is 0 Å². The number of anilines is 1. The minimum Gasteiger partial charge on any atom is -0.398 e. The highest BCUT2D eigenvalue weighted by molar-refractivity contribution is 5.98. The number of nitrogens with two attached hydrogens (primary N) is 1. The van der Waals surface area contributed by atoms with Crippen molar-refractivity contribution in [2.75, 3.05) is 12.3 Å². The van der Waals surface area contributed by atoms with Gasteiger partial charge in [-0.3, -0.25) is 9.63 Å². The molecule has 1 rings (SSSR count). The Labute approximate surface area is 95.7 Å². The number of nitrogen functional groups attached to an aromatic ring is 1. The minimum absolute atomic E-state index is 0.304. The molecule has 0 heterocycles. The predicted molar refractivity (Wildman–Crippen MR) is 63.8 cm³/mol. The molecule has 0 aromatic heterocycles. The van der Waals surface area contributed by atoms with Gasteiger partial charge in [-0.15, -0.1) is 0 Å². The van der Waals surface area contributed by atoms with Gasteiger partial charge in [0, 0.05) is 5.69 Å². The van der Waals surface area contributed by atoms with Gasteiger partial charge in [-0.1, -0.05) is 25.5 Å². The third kappa shape index (κ3) is 3.55. The monoisotopic (exact) mass is 222 g/mol. The highest BCUT2D eigenvalue weighted by Crippen LogP contribution is 2.13. The van der Waals surface area contributed by atoms with Crippen LogP contribution in [-0.4, -0.2) is 12.5 Å². The second-order valence-electron chi connectivity index (χ2n) is 4.23. The van der Waals surface area contributed by atoms with Gasteiger partial charge in [0.25, 0.3) is 5.91 Å². The molecule has 0 aliphatic rings. The van der Waals surface area contributed by atoms with Crippen molar-refractivity contribution < 1.29 is 9.63 Å². The molecular formula is C12H18N2O2. The summed E-state index contributed by atoms with van der Waals surface area (Å²) in [5.74, 6) is 0.0667. The molecule has 0 fully saturated rings. The van der Waals surface area contributed by atoms with Gasteiger partial charge in [0.05, 0.1) is 12.2 Å². The second-order valence-corrected chi connectivity index (χ2v) is 4.23. The van der Waals surface area contributed by atoms with Crippen LogP contribution < -0.4 is 11.2 Å². The number of carbonyl (C=O) groups excluding carboxylic acids is 1.